The Kier molecular flexibility index (Phi) is 6.60. The second-order valence-corrected chi connectivity index (χ2v) is 5.95. The number of azide groups is 1. The van der Waals surface area contributed by atoms with Gasteiger partial charge in [-0.25, -0.2) is 4.79 Å². The molecule has 1 aromatic heterocycles. The van der Waals surface area contributed by atoms with Crippen LogP contribution in [0.15, 0.2) is 20.9 Å². The fourth-order valence-electron chi connectivity index (χ4n) is 2.90. The van der Waals surface area contributed by atoms with E-state index in [0.29, 0.717) is 12.0 Å². The molecule has 0 spiro atoms. The van der Waals surface area contributed by atoms with E-state index in [4.69, 9.17) is 10.3 Å². The highest BCUT2D eigenvalue weighted by molar-refractivity contribution is 5.06. The maximum absolute atomic E-state index is 12.1. The van der Waals surface area contributed by atoms with Gasteiger partial charge >= 0.3 is 5.69 Å². The van der Waals surface area contributed by atoms with E-state index in [1.54, 1.807) is 0 Å². The Morgan fingerprint density at radius 1 is 1.46 bits per heavy atom. The van der Waals surface area contributed by atoms with Gasteiger partial charge in [0.15, 0.2) is 0 Å². The summed E-state index contributed by atoms with van der Waals surface area (Å²) in [6.45, 7) is 1.81. The molecule has 2 rings (SSSR count). The Labute approximate surface area is 138 Å². The quantitative estimate of drug-likeness (QED) is 0.322. The molecule has 0 bridgehead atoms. The first kappa shape index (κ1) is 18.3. The van der Waals surface area contributed by atoms with Gasteiger partial charge in [-0.1, -0.05) is 31.3 Å². The summed E-state index contributed by atoms with van der Waals surface area (Å²) in [6, 6.07) is -0.545. The molecule has 0 aliphatic carbocycles. The van der Waals surface area contributed by atoms with Crippen molar-refractivity contribution >= 4 is 0 Å². The van der Waals surface area contributed by atoms with Crippen molar-refractivity contribution < 1.29 is 9.84 Å². The van der Waals surface area contributed by atoms with Crippen LogP contribution in [-0.4, -0.2) is 33.4 Å². The molecular weight excluding hydrogens is 314 g/mol. The maximum atomic E-state index is 12.1. The van der Waals surface area contributed by atoms with Crippen molar-refractivity contribution in [2.24, 2.45) is 5.11 Å². The topological polar surface area (TPSA) is 133 Å². The van der Waals surface area contributed by atoms with E-state index in [2.05, 4.69) is 21.9 Å². The number of H-pyrrole nitrogens is 1. The zero-order valence-electron chi connectivity index (χ0n) is 13.7. The molecule has 1 aliphatic rings. The summed E-state index contributed by atoms with van der Waals surface area (Å²) in [5, 5.41) is 12.9. The van der Waals surface area contributed by atoms with E-state index >= 15 is 0 Å². The van der Waals surface area contributed by atoms with E-state index in [1.807, 2.05) is 0 Å². The van der Waals surface area contributed by atoms with Crippen molar-refractivity contribution in [3.05, 3.63) is 43.0 Å². The normalized spacial score (nSPS) is 23.2. The van der Waals surface area contributed by atoms with Gasteiger partial charge in [0.2, 0.25) is 0 Å². The molecule has 9 heteroatoms. The fourth-order valence-corrected chi connectivity index (χ4v) is 2.90. The number of aromatic amines is 1. The number of unbranched alkanes of at least 4 members (excludes halogenated alkanes) is 3. The number of hydrogen-bond donors (Lipinski definition) is 2. The second kappa shape index (κ2) is 8.68. The number of rotatable bonds is 8. The maximum Gasteiger partial charge on any atom is 0.330 e. The number of ether oxygens (including phenoxy) is 1. The molecule has 0 amide bonds. The third kappa shape index (κ3) is 4.25. The SMILES string of the molecule is CCCCCCc1cn([C@H]2C[C@H](N=[N+]=[N-])[C@@H](CO)O2)c(=O)[nH]c1=O. The minimum absolute atomic E-state index is 0.274. The van der Waals surface area contributed by atoms with Crippen LogP contribution in [0.3, 0.4) is 0 Å². The van der Waals surface area contributed by atoms with Crippen molar-refractivity contribution in [1.29, 1.82) is 0 Å². The summed E-state index contributed by atoms with van der Waals surface area (Å²) in [5.74, 6) is 0. The third-order valence-corrected chi connectivity index (χ3v) is 4.24. The lowest BCUT2D eigenvalue weighted by Gasteiger charge is -2.15. The zero-order chi connectivity index (χ0) is 17.5. The molecule has 132 valence electrons. The summed E-state index contributed by atoms with van der Waals surface area (Å²) in [4.78, 5) is 29.1. The molecule has 0 unspecified atom stereocenters. The van der Waals surface area contributed by atoms with Crippen LogP contribution in [0, 0.1) is 0 Å². The molecule has 2 heterocycles. The Bertz CT molecular complexity index is 707. The molecule has 0 radical (unpaired) electrons. The molecule has 24 heavy (non-hydrogen) atoms. The van der Waals surface area contributed by atoms with Crippen LogP contribution >= 0.6 is 0 Å². The molecule has 0 saturated carbocycles. The molecule has 9 nitrogen and oxygen atoms in total. The van der Waals surface area contributed by atoms with E-state index in [-0.39, 0.29) is 18.6 Å². The molecule has 0 aromatic carbocycles. The van der Waals surface area contributed by atoms with E-state index in [0.717, 1.165) is 25.7 Å². The minimum atomic E-state index is -0.670. The zero-order valence-corrected chi connectivity index (χ0v) is 13.7. The second-order valence-electron chi connectivity index (χ2n) is 5.95. The van der Waals surface area contributed by atoms with Crippen molar-refractivity contribution in [2.45, 2.75) is 63.8 Å². The Morgan fingerprint density at radius 2 is 2.25 bits per heavy atom. The molecule has 1 fully saturated rings. The highest BCUT2D eigenvalue weighted by Crippen LogP contribution is 2.29. The van der Waals surface area contributed by atoms with Gasteiger partial charge in [0.25, 0.3) is 5.56 Å². The standard InChI is InChI=1S/C15H23N5O4/c1-2-3-4-5-6-10-8-20(15(23)17-14(10)22)13-7-11(18-19-16)12(9-21)24-13/h8,11-13,21H,2-7,9H2,1H3,(H,17,22,23)/t11-,12+,13+/m0/s1. The predicted molar refractivity (Wildman–Crippen MR) is 87.7 cm³/mol. The minimum Gasteiger partial charge on any atom is -0.394 e. The van der Waals surface area contributed by atoms with Gasteiger partial charge in [0.1, 0.15) is 6.23 Å². The van der Waals surface area contributed by atoms with Gasteiger partial charge in [0, 0.05) is 23.1 Å². The van der Waals surface area contributed by atoms with Crippen LogP contribution in [0.1, 0.15) is 50.8 Å². The molecule has 1 saturated heterocycles. The van der Waals surface area contributed by atoms with Crippen LogP contribution < -0.4 is 11.2 Å². The van der Waals surface area contributed by atoms with Crippen molar-refractivity contribution in [3.63, 3.8) is 0 Å². The first-order chi connectivity index (χ1) is 11.6. The summed E-state index contributed by atoms with van der Waals surface area (Å²) in [6.07, 6.45) is 5.17. The molecule has 2 N–H and O–H groups in total. The first-order valence-electron chi connectivity index (χ1n) is 8.25. The van der Waals surface area contributed by atoms with E-state index in [9.17, 15) is 14.7 Å². The number of hydrogen-bond acceptors (Lipinski definition) is 5. The van der Waals surface area contributed by atoms with Gasteiger partial charge in [-0.3, -0.25) is 14.3 Å². The fraction of sp³-hybridized carbons (Fsp3) is 0.733. The molecular formula is C15H23N5O4. The summed E-state index contributed by atoms with van der Waals surface area (Å²) < 4.78 is 6.92. The smallest absolute Gasteiger partial charge is 0.330 e. The van der Waals surface area contributed by atoms with Crippen molar-refractivity contribution in [2.75, 3.05) is 6.61 Å². The summed E-state index contributed by atoms with van der Waals surface area (Å²) in [5.41, 5.74) is 8.16. The number of aryl methyl sites for hydroxylation is 1. The average molecular weight is 337 g/mol. The van der Waals surface area contributed by atoms with Crippen LogP contribution in [0.25, 0.3) is 10.4 Å². The van der Waals surface area contributed by atoms with Crippen LogP contribution in [0.4, 0.5) is 0 Å². The first-order valence-corrected chi connectivity index (χ1v) is 8.25. The van der Waals surface area contributed by atoms with Crippen LogP contribution in [0.2, 0.25) is 0 Å². The Morgan fingerprint density at radius 3 is 2.92 bits per heavy atom. The number of aliphatic hydroxyl groups excluding tert-OH is 1. The summed E-state index contributed by atoms with van der Waals surface area (Å²) in [7, 11) is 0. The number of aliphatic hydroxyl groups is 1. The van der Waals surface area contributed by atoms with Gasteiger partial charge in [-0.2, -0.15) is 0 Å². The Balaban J connectivity index is 2.19. The number of nitrogens with one attached hydrogen (secondary N) is 1. The van der Waals surface area contributed by atoms with Crippen LogP contribution in [-0.2, 0) is 11.2 Å². The summed E-state index contributed by atoms with van der Waals surface area (Å²) >= 11 is 0. The van der Waals surface area contributed by atoms with Gasteiger partial charge in [-0.15, -0.1) is 0 Å². The highest BCUT2D eigenvalue weighted by atomic mass is 16.5. The predicted octanol–water partition coefficient (Wildman–Crippen LogP) is 1.62. The van der Waals surface area contributed by atoms with Gasteiger partial charge in [-0.05, 0) is 18.4 Å². The third-order valence-electron chi connectivity index (χ3n) is 4.24. The number of nitrogens with zero attached hydrogens (tertiary/aromatic N) is 4. The number of aromatic nitrogens is 2. The lowest BCUT2D eigenvalue weighted by molar-refractivity contribution is -0.0271. The molecule has 3 atom stereocenters. The van der Waals surface area contributed by atoms with Crippen LogP contribution in [0.5, 0.6) is 0 Å². The van der Waals surface area contributed by atoms with Gasteiger partial charge < -0.3 is 9.84 Å². The molecule has 1 aliphatic heterocycles. The lowest BCUT2D eigenvalue weighted by atomic mass is 10.1. The van der Waals surface area contributed by atoms with Crippen molar-refractivity contribution in [1.82, 2.24) is 9.55 Å². The largest absolute Gasteiger partial charge is 0.394 e. The molecule has 1 aromatic rings. The van der Waals surface area contributed by atoms with Crippen molar-refractivity contribution in [3.8, 4) is 0 Å². The Hall–Kier alpha value is -2.09. The lowest BCUT2D eigenvalue weighted by Crippen LogP contribution is -2.34. The van der Waals surface area contributed by atoms with E-state index in [1.165, 1.54) is 10.8 Å². The monoisotopic (exact) mass is 337 g/mol. The van der Waals surface area contributed by atoms with E-state index < -0.39 is 24.1 Å². The van der Waals surface area contributed by atoms with Gasteiger partial charge in [0.05, 0.1) is 18.8 Å². The highest BCUT2D eigenvalue weighted by Gasteiger charge is 2.35. The average Bonchev–Trinajstić information content (AvgIpc) is 2.96.